The van der Waals surface area contributed by atoms with Crippen LogP contribution < -0.4 is 16.0 Å². The van der Waals surface area contributed by atoms with Gasteiger partial charge in [0.05, 0.1) is 0 Å². The van der Waals surface area contributed by atoms with Gasteiger partial charge in [0.25, 0.3) is 5.91 Å². The summed E-state index contributed by atoms with van der Waals surface area (Å²) in [5.74, 6) is 2.41. The number of carbonyl (C=O) groups excluding carboxylic acids is 1. The van der Waals surface area contributed by atoms with E-state index in [2.05, 4.69) is 34.8 Å². The lowest BCUT2D eigenvalue weighted by atomic mass is 9.80. The standard InChI is InChI=1S/C20H32N4O/c1-14(2)16-8-10-18(11-9-16)24-20(22-4)23-13-15-6-5-7-17(12-15)19(25)21-3/h5-7,12,14,16,18H,8-11,13H2,1-4H3,(H,21,25)(H2,22,23,24). The molecule has 0 aliphatic heterocycles. The van der Waals surface area contributed by atoms with Gasteiger partial charge in [-0.1, -0.05) is 26.0 Å². The van der Waals surface area contributed by atoms with Crippen LogP contribution in [0.3, 0.4) is 0 Å². The van der Waals surface area contributed by atoms with Gasteiger partial charge in [0.1, 0.15) is 0 Å². The first-order chi connectivity index (χ1) is 12.0. The Kier molecular flexibility index (Phi) is 7.29. The number of guanidine groups is 1. The van der Waals surface area contributed by atoms with E-state index in [1.165, 1.54) is 25.7 Å². The van der Waals surface area contributed by atoms with Gasteiger partial charge >= 0.3 is 0 Å². The van der Waals surface area contributed by atoms with Crippen LogP contribution in [0.4, 0.5) is 0 Å². The molecule has 0 atom stereocenters. The Hall–Kier alpha value is -2.04. The van der Waals surface area contributed by atoms with E-state index in [9.17, 15) is 4.79 Å². The molecule has 0 heterocycles. The fourth-order valence-corrected chi connectivity index (χ4v) is 3.47. The number of benzene rings is 1. The summed E-state index contributed by atoms with van der Waals surface area (Å²) in [6.45, 7) is 5.30. The Labute approximate surface area is 151 Å². The summed E-state index contributed by atoms with van der Waals surface area (Å²) >= 11 is 0. The zero-order chi connectivity index (χ0) is 18.2. The quantitative estimate of drug-likeness (QED) is 0.568. The lowest BCUT2D eigenvalue weighted by Gasteiger charge is -2.32. The molecule has 1 aliphatic rings. The molecule has 1 aromatic rings. The van der Waals surface area contributed by atoms with Gasteiger partial charge in [-0.15, -0.1) is 0 Å². The number of amides is 1. The summed E-state index contributed by atoms with van der Waals surface area (Å²) in [7, 11) is 3.45. The fraction of sp³-hybridized carbons (Fsp3) is 0.600. The molecule has 5 nitrogen and oxygen atoms in total. The number of aliphatic imine (C=N–C) groups is 1. The minimum Gasteiger partial charge on any atom is -0.355 e. The summed E-state index contributed by atoms with van der Waals surface area (Å²) in [4.78, 5) is 16.1. The third kappa shape index (κ3) is 5.76. The summed E-state index contributed by atoms with van der Waals surface area (Å²) in [6, 6.07) is 8.15. The number of rotatable bonds is 5. The molecule has 0 spiro atoms. The molecule has 1 aliphatic carbocycles. The van der Waals surface area contributed by atoms with Crippen molar-refractivity contribution in [2.45, 2.75) is 52.1 Å². The van der Waals surface area contributed by atoms with Crippen molar-refractivity contribution < 1.29 is 4.79 Å². The van der Waals surface area contributed by atoms with E-state index in [1.807, 2.05) is 24.3 Å². The first kappa shape index (κ1) is 19.3. The zero-order valence-electron chi connectivity index (χ0n) is 15.9. The predicted octanol–water partition coefficient (Wildman–Crippen LogP) is 2.93. The Morgan fingerprint density at radius 2 is 1.96 bits per heavy atom. The molecule has 0 unspecified atom stereocenters. The van der Waals surface area contributed by atoms with Crippen molar-refractivity contribution in [1.82, 2.24) is 16.0 Å². The lowest BCUT2D eigenvalue weighted by Crippen LogP contribution is -2.44. The van der Waals surface area contributed by atoms with Crippen molar-refractivity contribution in [2.75, 3.05) is 14.1 Å². The van der Waals surface area contributed by atoms with Crippen molar-refractivity contribution in [3.05, 3.63) is 35.4 Å². The molecule has 5 heteroatoms. The Morgan fingerprint density at radius 1 is 1.24 bits per heavy atom. The normalized spacial score (nSPS) is 21.1. The van der Waals surface area contributed by atoms with Crippen molar-refractivity contribution >= 4 is 11.9 Å². The highest BCUT2D eigenvalue weighted by Crippen LogP contribution is 2.29. The molecule has 0 bridgehead atoms. The first-order valence-electron chi connectivity index (χ1n) is 9.31. The Bertz CT molecular complexity index is 589. The van der Waals surface area contributed by atoms with E-state index >= 15 is 0 Å². The van der Waals surface area contributed by atoms with Gasteiger partial charge in [0, 0.05) is 32.2 Å². The zero-order valence-corrected chi connectivity index (χ0v) is 15.9. The molecule has 1 saturated carbocycles. The topological polar surface area (TPSA) is 65.5 Å². The van der Waals surface area contributed by atoms with Gasteiger partial charge in [-0.25, -0.2) is 0 Å². The number of carbonyl (C=O) groups is 1. The molecule has 0 saturated heterocycles. The summed E-state index contributed by atoms with van der Waals surface area (Å²) < 4.78 is 0. The van der Waals surface area contributed by atoms with E-state index < -0.39 is 0 Å². The van der Waals surface area contributed by atoms with Gasteiger partial charge in [-0.05, 0) is 55.2 Å². The lowest BCUT2D eigenvalue weighted by molar-refractivity contribution is 0.0963. The van der Waals surface area contributed by atoms with E-state index in [4.69, 9.17) is 0 Å². The Balaban J connectivity index is 1.84. The maximum Gasteiger partial charge on any atom is 0.251 e. The van der Waals surface area contributed by atoms with Crippen molar-refractivity contribution in [1.29, 1.82) is 0 Å². The summed E-state index contributed by atoms with van der Waals surface area (Å²) in [5.41, 5.74) is 1.74. The van der Waals surface area contributed by atoms with Crippen LogP contribution >= 0.6 is 0 Å². The highest BCUT2D eigenvalue weighted by molar-refractivity contribution is 5.94. The molecule has 0 radical (unpaired) electrons. The van der Waals surface area contributed by atoms with Gasteiger partial charge in [0.2, 0.25) is 0 Å². The molecular formula is C20H32N4O. The highest BCUT2D eigenvalue weighted by atomic mass is 16.1. The second-order valence-corrected chi connectivity index (χ2v) is 7.21. The van der Waals surface area contributed by atoms with Crippen LogP contribution in [0.2, 0.25) is 0 Å². The highest BCUT2D eigenvalue weighted by Gasteiger charge is 2.23. The van der Waals surface area contributed by atoms with Crippen LogP contribution in [-0.2, 0) is 6.54 Å². The van der Waals surface area contributed by atoms with Crippen LogP contribution in [0.15, 0.2) is 29.3 Å². The number of nitrogens with zero attached hydrogens (tertiary/aromatic N) is 1. The minimum absolute atomic E-state index is 0.0636. The summed E-state index contributed by atoms with van der Waals surface area (Å²) in [6.07, 6.45) is 4.99. The third-order valence-electron chi connectivity index (χ3n) is 5.16. The number of hydrogen-bond donors (Lipinski definition) is 3. The van der Waals surface area contributed by atoms with Gasteiger partial charge in [-0.2, -0.15) is 0 Å². The molecule has 138 valence electrons. The molecule has 2 rings (SSSR count). The second kappa shape index (κ2) is 9.44. The largest absolute Gasteiger partial charge is 0.355 e. The average Bonchev–Trinajstić information content (AvgIpc) is 2.65. The molecular weight excluding hydrogens is 312 g/mol. The van der Waals surface area contributed by atoms with Crippen molar-refractivity contribution in [2.24, 2.45) is 16.8 Å². The van der Waals surface area contributed by atoms with E-state index in [0.29, 0.717) is 18.2 Å². The minimum atomic E-state index is -0.0636. The summed E-state index contributed by atoms with van der Waals surface area (Å²) in [5, 5.41) is 9.56. The van der Waals surface area contributed by atoms with Crippen LogP contribution in [0.25, 0.3) is 0 Å². The number of hydrogen-bond acceptors (Lipinski definition) is 2. The average molecular weight is 345 g/mol. The molecule has 3 N–H and O–H groups in total. The molecule has 1 amide bonds. The van der Waals surface area contributed by atoms with Crippen LogP contribution in [0.1, 0.15) is 55.5 Å². The monoisotopic (exact) mass is 344 g/mol. The van der Waals surface area contributed by atoms with E-state index in [-0.39, 0.29) is 5.91 Å². The SMILES string of the molecule is CN=C(NCc1cccc(C(=O)NC)c1)NC1CCC(C(C)C)CC1. The maximum absolute atomic E-state index is 11.7. The predicted molar refractivity (Wildman–Crippen MR) is 104 cm³/mol. The second-order valence-electron chi connectivity index (χ2n) is 7.21. The molecule has 25 heavy (non-hydrogen) atoms. The smallest absolute Gasteiger partial charge is 0.251 e. The van der Waals surface area contributed by atoms with Gasteiger partial charge < -0.3 is 16.0 Å². The number of nitrogens with one attached hydrogen (secondary N) is 3. The van der Waals surface area contributed by atoms with E-state index in [1.54, 1.807) is 14.1 Å². The van der Waals surface area contributed by atoms with Crippen LogP contribution in [-0.4, -0.2) is 32.0 Å². The molecule has 1 aromatic carbocycles. The fourth-order valence-electron chi connectivity index (χ4n) is 3.47. The van der Waals surface area contributed by atoms with E-state index in [0.717, 1.165) is 23.4 Å². The van der Waals surface area contributed by atoms with Crippen molar-refractivity contribution in [3.8, 4) is 0 Å². The molecule has 1 fully saturated rings. The van der Waals surface area contributed by atoms with Crippen LogP contribution in [0, 0.1) is 11.8 Å². The first-order valence-corrected chi connectivity index (χ1v) is 9.31. The van der Waals surface area contributed by atoms with Gasteiger partial charge in [0.15, 0.2) is 5.96 Å². The molecule has 0 aromatic heterocycles. The van der Waals surface area contributed by atoms with Gasteiger partial charge in [-0.3, -0.25) is 9.79 Å². The maximum atomic E-state index is 11.7. The Morgan fingerprint density at radius 3 is 2.56 bits per heavy atom. The van der Waals surface area contributed by atoms with Crippen LogP contribution in [0.5, 0.6) is 0 Å². The van der Waals surface area contributed by atoms with Crippen molar-refractivity contribution in [3.63, 3.8) is 0 Å². The third-order valence-corrected chi connectivity index (χ3v) is 5.16.